The van der Waals surface area contributed by atoms with Crippen molar-refractivity contribution >= 4 is 27.3 Å². The van der Waals surface area contributed by atoms with Gasteiger partial charge in [-0.3, -0.25) is 4.90 Å². The minimum Gasteiger partial charge on any atom is -0.377 e. The Morgan fingerprint density at radius 3 is 3.00 bits per heavy atom. The van der Waals surface area contributed by atoms with E-state index >= 15 is 0 Å². The van der Waals surface area contributed by atoms with E-state index in [-0.39, 0.29) is 0 Å². The minimum absolute atomic E-state index is 0.300. The first kappa shape index (κ1) is 14.5. The Morgan fingerprint density at radius 1 is 1.67 bits per heavy atom. The fourth-order valence-corrected chi connectivity index (χ4v) is 4.28. The predicted octanol–water partition coefficient (Wildman–Crippen LogP) is 3.01. The van der Waals surface area contributed by atoms with E-state index in [1.54, 1.807) is 11.3 Å². The maximum absolute atomic E-state index is 5.99. The van der Waals surface area contributed by atoms with Crippen LogP contribution in [0.1, 0.15) is 30.7 Å². The van der Waals surface area contributed by atoms with Gasteiger partial charge in [-0.2, -0.15) is 0 Å². The molecule has 1 aromatic heterocycles. The molecule has 0 aliphatic carbocycles. The molecule has 0 saturated carbocycles. The maximum Gasteiger partial charge on any atom is 0.0703 e. The van der Waals surface area contributed by atoms with E-state index in [0.717, 1.165) is 19.7 Å². The highest BCUT2D eigenvalue weighted by atomic mass is 79.9. The van der Waals surface area contributed by atoms with Crippen molar-refractivity contribution in [3.8, 4) is 0 Å². The first-order valence-corrected chi connectivity index (χ1v) is 8.22. The number of hydrogen-bond donors (Lipinski definition) is 1. The summed E-state index contributed by atoms with van der Waals surface area (Å²) in [7, 11) is 0. The van der Waals surface area contributed by atoms with Crippen molar-refractivity contribution in [3.05, 3.63) is 20.8 Å². The smallest absolute Gasteiger partial charge is 0.0703 e. The minimum atomic E-state index is 0.300. The maximum atomic E-state index is 5.99. The van der Waals surface area contributed by atoms with Crippen LogP contribution in [0.15, 0.2) is 15.9 Å². The zero-order valence-corrected chi connectivity index (χ0v) is 13.2. The molecule has 1 saturated heterocycles. The summed E-state index contributed by atoms with van der Waals surface area (Å²) in [6.07, 6.45) is 2.76. The van der Waals surface area contributed by atoms with Gasteiger partial charge in [-0.15, -0.1) is 11.3 Å². The fraction of sp³-hybridized carbons (Fsp3) is 0.692. The van der Waals surface area contributed by atoms with Crippen molar-refractivity contribution in [1.82, 2.24) is 4.90 Å². The van der Waals surface area contributed by atoms with Crippen LogP contribution in [0.2, 0.25) is 0 Å². The number of thiophene rings is 1. The Hall–Kier alpha value is 0.0600. The summed E-state index contributed by atoms with van der Waals surface area (Å²) < 4.78 is 6.91. The van der Waals surface area contributed by atoms with Crippen molar-refractivity contribution in [2.24, 2.45) is 5.73 Å². The SMILES string of the molecule is CCN(CC1CCCO1)C(CN)c1sccc1Br. The predicted molar refractivity (Wildman–Crippen MR) is 80.0 cm³/mol. The summed E-state index contributed by atoms with van der Waals surface area (Å²) in [5, 5.41) is 2.11. The quantitative estimate of drug-likeness (QED) is 0.870. The van der Waals surface area contributed by atoms with Crippen LogP contribution in [0, 0.1) is 0 Å². The molecule has 0 amide bonds. The van der Waals surface area contributed by atoms with Gasteiger partial charge in [0.25, 0.3) is 0 Å². The number of hydrogen-bond acceptors (Lipinski definition) is 4. The topological polar surface area (TPSA) is 38.5 Å². The van der Waals surface area contributed by atoms with Gasteiger partial charge in [0, 0.05) is 29.0 Å². The van der Waals surface area contributed by atoms with Gasteiger partial charge >= 0.3 is 0 Å². The summed E-state index contributed by atoms with van der Waals surface area (Å²) in [6.45, 7) is 5.76. The average molecular weight is 333 g/mol. The fourth-order valence-electron chi connectivity index (χ4n) is 2.49. The second-order valence-electron chi connectivity index (χ2n) is 4.61. The lowest BCUT2D eigenvalue weighted by molar-refractivity contribution is 0.0606. The largest absolute Gasteiger partial charge is 0.377 e. The molecule has 102 valence electrons. The molecule has 2 N–H and O–H groups in total. The number of nitrogens with zero attached hydrogens (tertiary/aromatic N) is 1. The molecule has 1 aliphatic heterocycles. The highest BCUT2D eigenvalue weighted by molar-refractivity contribution is 9.10. The molecule has 0 aromatic carbocycles. The molecule has 1 fully saturated rings. The van der Waals surface area contributed by atoms with Crippen LogP contribution in [-0.4, -0.2) is 37.2 Å². The molecule has 0 bridgehead atoms. The summed E-state index contributed by atoms with van der Waals surface area (Å²) in [4.78, 5) is 3.77. The zero-order chi connectivity index (χ0) is 13.0. The van der Waals surface area contributed by atoms with Crippen LogP contribution in [0.4, 0.5) is 0 Å². The van der Waals surface area contributed by atoms with Crippen LogP contribution in [0.5, 0.6) is 0 Å². The number of rotatable bonds is 6. The number of nitrogens with two attached hydrogens (primary N) is 1. The van der Waals surface area contributed by atoms with Gasteiger partial charge < -0.3 is 10.5 Å². The molecule has 2 atom stereocenters. The lowest BCUT2D eigenvalue weighted by Crippen LogP contribution is -2.38. The molecule has 0 spiro atoms. The summed E-state index contributed by atoms with van der Waals surface area (Å²) >= 11 is 5.39. The lowest BCUT2D eigenvalue weighted by Gasteiger charge is -2.31. The van der Waals surface area contributed by atoms with Crippen LogP contribution in [0.25, 0.3) is 0 Å². The lowest BCUT2D eigenvalue weighted by atomic mass is 10.1. The van der Waals surface area contributed by atoms with Gasteiger partial charge in [-0.05, 0) is 46.8 Å². The van der Waals surface area contributed by atoms with Gasteiger partial charge in [0.15, 0.2) is 0 Å². The molecule has 2 unspecified atom stereocenters. The normalized spacial score (nSPS) is 21.7. The number of halogens is 1. The summed E-state index contributed by atoms with van der Waals surface area (Å²) in [5.41, 5.74) is 5.99. The summed E-state index contributed by atoms with van der Waals surface area (Å²) in [5.74, 6) is 0. The molecule has 2 heterocycles. The first-order chi connectivity index (χ1) is 8.76. The molecule has 1 aliphatic rings. The van der Waals surface area contributed by atoms with Crippen LogP contribution >= 0.6 is 27.3 Å². The average Bonchev–Trinajstić information content (AvgIpc) is 3.01. The van der Waals surface area contributed by atoms with Crippen molar-refractivity contribution in [1.29, 1.82) is 0 Å². The van der Waals surface area contributed by atoms with Crippen molar-refractivity contribution in [2.75, 3.05) is 26.2 Å². The van der Waals surface area contributed by atoms with Gasteiger partial charge in [0.05, 0.1) is 12.1 Å². The number of likely N-dealkylation sites (N-methyl/N-ethyl adjacent to an activating group) is 1. The van der Waals surface area contributed by atoms with E-state index in [9.17, 15) is 0 Å². The van der Waals surface area contributed by atoms with Crippen LogP contribution < -0.4 is 5.73 Å². The molecule has 3 nitrogen and oxygen atoms in total. The van der Waals surface area contributed by atoms with Gasteiger partial charge in [-0.25, -0.2) is 0 Å². The third-order valence-corrected chi connectivity index (χ3v) is 5.45. The Balaban J connectivity index is 2.06. The first-order valence-electron chi connectivity index (χ1n) is 6.54. The zero-order valence-electron chi connectivity index (χ0n) is 10.8. The van der Waals surface area contributed by atoms with E-state index in [1.807, 2.05) is 0 Å². The van der Waals surface area contributed by atoms with Gasteiger partial charge in [0.2, 0.25) is 0 Å². The van der Waals surface area contributed by atoms with Gasteiger partial charge in [0.1, 0.15) is 0 Å². The van der Waals surface area contributed by atoms with Crippen LogP contribution in [0.3, 0.4) is 0 Å². The van der Waals surface area contributed by atoms with E-state index in [1.165, 1.54) is 22.2 Å². The number of ether oxygens (including phenoxy) is 1. The third kappa shape index (κ3) is 3.33. The highest BCUT2D eigenvalue weighted by Crippen LogP contribution is 2.32. The Morgan fingerprint density at radius 2 is 2.50 bits per heavy atom. The Bertz CT molecular complexity index is 366. The van der Waals surface area contributed by atoms with Crippen molar-refractivity contribution in [2.45, 2.75) is 31.9 Å². The second kappa shape index (κ2) is 7.01. The summed E-state index contributed by atoms with van der Waals surface area (Å²) in [6, 6.07) is 2.40. The van der Waals surface area contributed by atoms with Crippen LogP contribution in [-0.2, 0) is 4.74 Å². The Labute approximate surface area is 121 Å². The third-order valence-electron chi connectivity index (χ3n) is 3.48. The van der Waals surface area contributed by atoms with E-state index < -0.39 is 0 Å². The highest BCUT2D eigenvalue weighted by Gasteiger charge is 2.25. The molecule has 1 aromatic rings. The van der Waals surface area contributed by atoms with E-state index in [4.69, 9.17) is 10.5 Å². The van der Waals surface area contributed by atoms with Gasteiger partial charge in [-0.1, -0.05) is 6.92 Å². The molecular weight excluding hydrogens is 312 g/mol. The molecule has 18 heavy (non-hydrogen) atoms. The standard InChI is InChI=1S/C13H21BrN2OS/c1-2-16(9-10-4-3-6-17-10)12(8-15)13-11(14)5-7-18-13/h5,7,10,12H,2-4,6,8-9,15H2,1H3. The van der Waals surface area contributed by atoms with Crippen molar-refractivity contribution in [3.63, 3.8) is 0 Å². The molecular formula is C13H21BrN2OS. The van der Waals surface area contributed by atoms with E-state index in [2.05, 4.69) is 39.2 Å². The molecule has 0 radical (unpaired) electrons. The Kier molecular flexibility index (Phi) is 5.63. The molecule has 2 rings (SSSR count). The second-order valence-corrected chi connectivity index (χ2v) is 6.41. The monoisotopic (exact) mass is 332 g/mol. The molecule has 5 heteroatoms. The van der Waals surface area contributed by atoms with E-state index in [0.29, 0.717) is 18.7 Å². The van der Waals surface area contributed by atoms with Crippen molar-refractivity contribution < 1.29 is 4.74 Å².